The van der Waals surface area contributed by atoms with E-state index >= 15 is 0 Å². The maximum atomic E-state index is 3.80. The molecule has 44 valence electrons. The van der Waals surface area contributed by atoms with Crippen molar-refractivity contribution in [3.8, 4) is 0 Å². The molecule has 0 aliphatic rings. The Labute approximate surface area is 51.9 Å². The standard InChI is InChI=1S/C8H12/c1-4-6-7-8(3)5-2/h4-6,8H,1-3,7H2. The van der Waals surface area contributed by atoms with Gasteiger partial charge in [-0.1, -0.05) is 18.2 Å². The highest BCUT2D eigenvalue weighted by Gasteiger charge is 1.87. The van der Waals surface area contributed by atoms with Crippen molar-refractivity contribution in [3.63, 3.8) is 0 Å². The largest absolute Gasteiger partial charge is 0.103 e. The molecule has 1 atom stereocenters. The van der Waals surface area contributed by atoms with E-state index in [0.717, 1.165) is 6.42 Å². The monoisotopic (exact) mass is 108 g/mol. The molecule has 0 bridgehead atoms. The van der Waals surface area contributed by atoms with Gasteiger partial charge in [0.25, 0.3) is 0 Å². The van der Waals surface area contributed by atoms with E-state index in [1.165, 1.54) is 0 Å². The lowest BCUT2D eigenvalue weighted by atomic mass is 10.1. The average Bonchev–Trinajstić information content (AvgIpc) is 1.83. The molecule has 0 saturated heterocycles. The average molecular weight is 108 g/mol. The van der Waals surface area contributed by atoms with E-state index in [-0.39, 0.29) is 0 Å². The summed E-state index contributed by atoms with van der Waals surface area (Å²) in [6.45, 7) is 10.9. The van der Waals surface area contributed by atoms with Crippen LogP contribution in [0.5, 0.6) is 0 Å². The van der Waals surface area contributed by atoms with Crippen molar-refractivity contribution >= 4 is 0 Å². The Balaban J connectivity index is 3.23. The van der Waals surface area contributed by atoms with Crippen molar-refractivity contribution in [2.75, 3.05) is 0 Å². The SMILES string of the molecule is [CH2]C=CCC([CH2])C=C. The summed E-state index contributed by atoms with van der Waals surface area (Å²) in [6, 6.07) is 0. The van der Waals surface area contributed by atoms with Crippen LogP contribution >= 0.6 is 0 Å². The fourth-order valence-electron chi connectivity index (χ4n) is 0.367. The maximum Gasteiger partial charge on any atom is -0.0201 e. The molecule has 0 heterocycles. The Morgan fingerprint density at radius 1 is 1.50 bits per heavy atom. The normalized spacial score (nSPS) is 14.2. The van der Waals surface area contributed by atoms with Crippen LogP contribution in [0.1, 0.15) is 6.42 Å². The summed E-state index contributed by atoms with van der Waals surface area (Å²) in [4.78, 5) is 0. The Kier molecular flexibility index (Phi) is 4.33. The first-order chi connectivity index (χ1) is 3.81. The second-order valence-corrected chi connectivity index (χ2v) is 1.70. The molecule has 0 aromatic rings. The number of rotatable bonds is 3. The molecule has 0 amide bonds. The van der Waals surface area contributed by atoms with Gasteiger partial charge in [-0.3, -0.25) is 0 Å². The molecule has 0 N–H and O–H groups in total. The number of hydrogen-bond donors (Lipinski definition) is 0. The summed E-state index contributed by atoms with van der Waals surface area (Å²) in [5, 5.41) is 0. The van der Waals surface area contributed by atoms with Crippen LogP contribution in [0.15, 0.2) is 24.8 Å². The molecule has 0 aliphatic carbocycles. The lowest BCUT2D eigenvalue weighted by molar-refractivity contribution is 0.830. The van der Waals surface area contributed by atoms with E-state index in [1.54, 1.807) is 6.08 Å². The predicted octanol–water partition coefficient (Wildman–Crippen LogP) is 2.40. The third kappa shape index (κ3) is 3.66. The van der Waals surface area contributed by atoms with E-state index in [2.05, 4.69) is 20.4 Å². The molecule has 0 saturated carbocycles. The van der Waals surface area contributed by atoms with E-state index in [4.69, 9.17) is 0 Å². The van der Waals surface area contributed by atoms with Gasteiger partial charge in [-0.15, -0.1) is 6.58 Å². The van der Waals surface area contributed by atoms with Gasteiger partial charge in [-0.05, 0) is 26.2 Å². The molecule has 0 aromatic heterocycles. The zero-order valence-corrected chi connectivity index (χ0v) is 5.14. The lowest BCUT2D eigenvalue weighted by Gasteiger charge is -1.96. The van der Waals surface area contributed by atoms with Crippen LogP contribution in [0.3, 0.4) is 0 Å². The maximum absolute atomic E-state index is 3.80. The minimum Gasteiger partial charge on any atom is -0.103 e. The van der Waals surface area contributed by atoms with E-state index in [0.29, 0.717) is 5.92 Å². The molecule has 0 nitrogen and oxygen atoms in total. The first kappa shape index (κ1) is 7.48. The third-order valence-electron chi connectivity index (χ3n) is 0.939. The second kappa shape index (κ2) is 4.63. The molecule has 2 radical (unpaired) electrons. The van der Waals surface area contributed by atoms with Gasteiger partial charge in [0, 0.05) is 0 Å². The third-order valence-corrected chi connectivity index (χ3v) is 0.939. The van der Waals surface area contributed by atoms with Gasteiger partial charge in [-0.25, -0.2) is 0 Å². The topological polar surface area (TPSA) is 0 Å². The van der Waals surface area contributed by atoms with Crippen LogP contribution in [-0.2, 0) is 0 Å². The molecule has 1 unspecified atom stereocenters. The molecule has 0 fully saturated rings. The zero-order chi connectivity index (χ0) is 6.41. The van der Waals surface area contributed by atoms with Gasteiger partial charge in [0.2, 0.25) is 0 Å². The van der Waals surface area contributed by atoms with Crippen LogP contribution in [0.4, 0.5) is 0 Å². The first-order valence-corrected chi connectivity index (χ1v) is 2.71. The Morgan fingerprint density at radius 2 is 2.12 bits per heavy atom. The highest BCUT2D eigenvalue weighted by atomic mass is 13.9. The summed E-state index contributed by atoms with van der Waals surface area (Å²) in [6.07, 6.45) is 6.55. The van der Waals surface area contributed by atoms with Gasteiger partial charge in [0.1, 0.15) is 0 Å². The van der Waals surface area contributed by atoms with Gasteiger partial charge in [0.15, 0.2) is 0 Å². The van der Waals surface area contributed by atoms with Crippen molar-refractivity contribution in [2.45, 2.75) is 6.42 Å². The van der Waals surface area contributed by atoms with Crippen molar-refractivity contribution in [1.82, 2.24) is 0 Å². The van der Waals surface area contributed by atoms with Crippen LogP contribution in [0.2, 0.25) is 0 Å². The predicted molar refractivity (Wildman–Crippen MR) is 38.2 cm³/mol. The number of hydrogen-bond acceptors (Lipinski definition) is 0. The van der Waals surface area contributed by atoms with Gasteiger partial charge >= 0.3 is 0 Å². The quantitative estimate of drug-likeness (QED) is 0.487. The van der Waals surface area contributed by atoms with Crippen LogP contribution in [-0.4, -0.2) is 0 Å². The smallest absolute Gasteiger partial charge is 0.0201 e. The van der Waals surface area contributed by atoms with Crippen LogP contribution in [0, 0.1) is 19.8 Å². The summed E-state index contributed by atoms with van der Waals surface area (Å²) in [7, 11) is 0. The van der Waals surface area contributed by atoms with E-state index in [9.17, 15) is 0 Å². The molecule has 0 spiro atoms. The summed E-state index contributed by atoms with van der Waals surface area (Å²) in [5.74, 6) is 0.341. The molecule has 0 heteroatoms. The van der Waals surface area contributed by atoms with Crippen molar-refractivity contribution < 1.29 is 0 Å². The number of allylic oxidation sites excluding steroid dienone is 3. The van der Waals surface area contributed by atoms with E-state index < -0.39 is 0 Å². The van der Waals surface area contributed by atoms with E-state index in [1.807, 2.05) is 12.2 Å². The fraction of sp³-hybridized carbons (Fsp3) is 0.250. The van der Waals surface area contributed by atoms with Crippen molar-refractivity contribution in [1.29, 1.82) is 0 Å². The van der Waals surface area contributed by atoms with Crippen LogP contribution < -0.4 is 0 Å². The second-order valence-electron chi connectivity index (χ2n) is 1.70. The molecule has 0 aliphatic heterocycles. The molecule has 8 heavy (non-hydrogen) atoms. The van der Waals surface area contributed by atoms with Gasteiger partial charge in [-0.2, -0.15) is 0 Å². The molecule has 0 rings (SSSR count). The minimum absolute atomic E-state index is 0.341. The van der Waals surface area contributed by atoms with Crippen molar-refractivity contribution in [2.24, 2.45) is 5.92 Å². The molecular formula is C8H12. The highest BCUT2D eigenvalue weighted by molar-refractivity contribution is 4.91. The van der Waals surface area contributed by atoms with Crippen LogP contribution in [0.25, 0.3) is 0 Å². The lowest BCUT2D eigenvalue weighted by Crippen LogP contribution is -1.83. The summed E-state index contributed by atoms with van der Waals surface area (Å²) in [5.41, 5.74) is 0. The Hall–Kier alpha value is -0.520. The Bertz CT molecular complexity index is 80.0. The summed E-state index contributed by atoms with van der Waals surface area (Å²) < 4.78 is 0. The molecular weight excluding hydrogens is 96.1 g/mol. The Morgan fingerprint density at radius 3 is 2.50 bits per heavy atom. The van der Waals surface area contributed by atoms with Gasteiger partial charge < -0.3 is 0 Å². The highest BCUT2D eigenvalue weighted by Crippen LogP contribution is 2.01. The minimum atomic E-state index is 0.341. The zero-order valence-electron chi connectivity index (χ0n) is 5.14. The first-order valence-electron chi connectivity index (χ1n) is 2.71. The summed E-state index contributed by atoms with van der Waals surface area (Å²) >= 11 is 0. The molecule has 0 aromatic carbocycles. The fourth-order valence-corrected chi connectivity index (χ4v) is 0.367. The van der Waals surface area contributed by atoms with Crippen molar-refractivity contribution in [3.05, 3.63) is 38.7 Å². The van der Waals surface area contributed by atoms with Gasteiger partial charge in [0.05, 0.1) is 0 Å².